The highest BCUT2D eigenvalue weighted by atomic mass is 32.2. The van der Waals surface area contributed by atoms with Gasteiger partial charge in [0, 0.05) is 4.88 Å². The molecule has 120 valence electrons. The number of aromatic nitrogens is 3. The van der Waals surface area contributed by atoms with Gasteiger partial charge in [-0.3, -0.25) is 4.79 Å². The maximum atomic E-state index is 12.2. The molecule has 3 heterocycles. The SMILES string of the molecule is CC(Sc1nncn1Cc1ccco1)C(=O)NCc1cccs1. The molecule has 3 rings (SSSR count). The van der Waals surface area contributed by atoms with Crippen LogP contribution in [0, 0.1) is 0 Å². The maximum Gasteiger partial charge on any atom is 0.233 e. The molecule has 0 aliphatic rings. The zero-order chi connectivity index (χ0) is 16.1. The van der Waals surface area contributed by atoms with Gasteiger partial charge in [0.15, 0.2) is 5.16 Å². The van der Waals surface area contributed by atoms with Crippen LogP contribution in [0.25, 0.3) is 0 Å². The van der Waals surface area contributed by atoms with Crippen molar-refractivity contribution >= 4 is 29.0 Å². The van der Waals surface area contributed by atoms with E-state index in [4.69, 9.17) is 4.42 Å². The van der Waals surface area contributed by atoms with Crippen molar-refractivity contribution in [1.29, 1.82) is 0 Å². The largest absolute Gasteiger partial charge is 0.467 e. The molecule has 0 radical (unpaired) electrons. The first kappa shape index (κ1) is 15.8. The molecule has 3 aromatic rings. The van der Waals surface area contributed by atoms with Crippen LogP contribution in [0.4, 0.5) is 0 Å². The van der Waals surface area contributed by atoms with Crippen LogP contribution in [0.2, 0.25) is 0 Å². The minimum atomic E-state index is -0.255. The zero-order valence-corrected chi connectivity index (χ0v) is 14.1. The highest BCUT2D eigenvalue weighted by molar-refractivity contribution is 8.00. The number of amides is 1. The van der Waals surface area contributed by atoms with Crippen LogP contribution in [0.3, 0.4) is 0 Å². The topological polar surface area (TPSA) is 73.0 Å². The highest BCUT2D eigenvalue weighted by Gasteiger charge is 2.18. The smallest absolute Gasteiger partial charge is 0.233 e. The van der Waals surface area contributed by atoms with E-state index in [0.717, 1.165) is 10.6 Å². The van der Waals surface area contributed by atoms with Crippen molar-refractivity contribution in [2.24, 2.45) is 0 Å². The number of nitrogens with zero attached hydrogens (tertiary/aromatic N) is 3. The Morgan fingerprint density at radius 3 is 3.13 bits per heavy atom. The highest BCUT2D eigenvalue weighted by Crippen LogP contribution is 2.22. The summed E-state index contributed by atoms with van der Waals surface area (Å²) in [6, 6.07) is 7.71. The van der Waals surface area contributed by atoms with E-state index in [1.807, 2.05) is 41.1 Å². The van der Waals surface area contributed by atoms with Crippen LogP contribution in [0.5, 0.6) is 0 Å². The number of carbonyl (C=O) groups excluding carboxylic acids is 1. The number of hydrogen-bond donors (Lipinski definition) is 1. The van der Waals surface area contributed by atoms with Crippen molar-refractivity contribution in [2.45, 2.75) is 30.4 Å². The van der Waals surface area contributed by atoms with E-state index in [-0.39, 0.29) is 11.2 Å². The van der Waals surface area contributed by atoms with Gasteiger partial charge in [0.2, 0.25) is 5.91 Å². The van der Waals surface area contributed by atoms with Crippen LogP contribution in [0.1, 0.15) is 17.6 Å². The van der Waals surface area contributed by atoms with E-state index < -0.39 is 0 Å². The summed E-state index contributed by atoms with van der Waals surface area (Å²) in [6.45, 7) is 2.96. The van der Waals surface area contributed by atoms with E-state index in [1.54, 1.807) is 23.9 Å². The van der Waals surface area contributed by atoms with Gasteiger partial charge in [0.25, 0.3) is 0 Å². The average molecular weight is 348 g/mol. The Balaban J connectivity index is 1.56. The van der Waals surface area contributed by atoms with E-state index in [9.17, 15) is 4.79 Å². The van der Waals surface area contributed by atoms with Crippen LogP contribution in [-0.2, 0) is 17.9 Å². The van der Waals surface area contributed by atoms with Gasteiger partial charge >= 0.3 is 0 Å². The molecule has 0 spiro atoms. The fourth-order valence-electron chi connectivity index (χ4n) is 1.96. The Kier molecular flexibility index (Phi) is 5.14. The molecule has 0 bridgehead atoms. The number of thioether (sulfide) groups is 1. The van der Waals surface area contributed by atoms with Crippen molar-refractivity contribution in [2.75, 3.05) is 0 Å². The molecule has 23 heavy (non-hydrogen) atoms. The second kappa shape index (κ2) is 7.47. The van der Waals surface area contributed by atoms with Gasteiger partial charge in [-0.15, -0.1) is 21.5 Å². The van der Waals surface area contributed by atoms with Crippen LogP contribution < -0.4 is 5.32 Å². The lowest BCUT2D eigenvalue weighted by Crippen LogP contribution is -2.30. The molecule has 0 aliphatic heterocycles. The third-order valence-corrected chi connectivity index (χ3v) is 5.13. The van der Waals surface area contributed by atoms with Crippen molar-refractivity contribution < 1.29 is 9.21 Å². The third-order valence-electron chi connectivity index (χ3n) is 3.15. The molecule has 6 nitrogen and oxygen atoms in total. The Hall–Kier alpha value is -2.06. The molecule has 0 aliphatic carbocycles. The minimum Gasteiger partial charge on any atom is -0.467 e. The predicted molar refractivity (Wildman–Crippen MR) is 89.3 cm³/mol. The second-order valence-corrected chi connectivity index (χ2v) is 7.22. The summed E-state index contributed by atoms with van der Waals surface area (Å²) in [7, 11) is 0. The second-order valence-electron chi connectivity index (χ2n) is 4.88. The summed E-state index contributed by atoms with van der Waals surface area (Å²) in [6.07, 6.45) is 3.27. The predicted octanol–water partition coefficient (Wildman–Crippen LogP) is 2.78. The van der Waals surface area contributed by atoms with Crippen LogP contribution >= 0.6 is 23.1 Å². The Bertz CT molecular complexity index is 737. The number of furan rings is 1. The van der Waals surface area contributed by atoms with Gasteiger partial charge in [0.1, 0.15) is 12.1 Å². The van der Waals surface area contributed by atoms with Gasteiger partial charge in [-0.1, -0.05) is 17.8 Å². The number of hydrogen-bond acceptors (Lipinski definition) is 6. The van der Waals surface area contributed by atoms with Crippen molar-refractivity contribution in [1.82, 2.24) is 20.1 Å². The van der Waals surface area contributed by atoms with E-state index >= 15 is 0 Å². The fourth-order valence-corrected chi connectivity index (χ4v) is 3.45. The molecule has 3 aromatic heterocycles. The summed E-state index contributed by atoms with van der Waals surface area (Å²) in [5.41, 5.74) is 0. The average Bonchev–Trinajstić information content (AvgIpc) is 3.28. The fraction of sp³-hybridized carbons (Fsp3) is 0.267. The Morgan fingerprint density at radius 2 is 2.39 bits per heavy atom. The minimum absolute atomic E-state index is 0.0176. The van der Waals surface area contributed by atoms with Crippen molar-refractivity contribution in [3.63, 3.8) is 0 Å². The zero-order valence-electron chi connectivity index (χ0n) is 12.5. The molecular formula is C15H16N4O2S2. The van der Waals surface area contributed by atoms with Gasteiger partial charge in [-0.05, 0) is 30.5 Å². The van der Waals surface area contributed by atoms with Crippen molar-refractivity contribution in [3.8, 4) is 0 Å². The summed E-state index contributed by atoms with van der Waals surface area (Å²) < 4.78 is 7.20. The first-order valence-corrected chi connectivity index (χ1v) is 8.85. The van der Waals surface area contributed by atoms with E-state index in [1.165, 1.54) is 11.8 Å². The standard InChI is InChI=1S/C15H16N4O2S2/c1-11(14(20)16-8-13-5-3-7-22-13)23-15-18-17-10-19(15)9-12-4-2-6-21-12/h2-7,10-11H,8-9H2,1H3,(H,16,20). The van der Waals surface area contributed by atoms with Crippen LogP contribution in [-0.4, -0.2) is 25.9 Å². The summed E-state index contributed by atoms with van der Waals surface area (Å²) in [5.74, 6) is 0.803. The third kappa shape index (κ3) is 4.23. The van der Waals surface area contributed by atoms with Gasteiger partial charge in [-0.2, -0.15) is 0 Å². The van der Waals surface area contributed by atoms with Crippen molar-refractivity contribution in [3.05, 3.63) is 52.9 Å². The first-order valence-electron chi connectivity index (χ1n) is 7.09. The summed E-state index contributed by atoms with van der Waals surface area (Å²) in [5, 5.41) is 13.4. The molecule has 1 unspecified atom stereocenters. The molecule has 0 fully saturated rings. The van der Waals surface area contributed by atoms with Crippen LogP contribution in [0.15, 0.2) is 51.8 Å². The Morgan fingerprint density at radius 1 is 1.48 bits per heavy atom. The molecular weight excluding hydrogens is 332 g/mol. The number of carbonyl (C=O) groups is 1. The van der Waals surface area contributed by atoms with Gasteiger partial charge in [0.05, 0.1) is 24.6 Å². The molecule has 1 atom stereocenters. The summed E-state index contributed by atoms with van der Waals surface area (Å²) >= 11 is 3.01. The first-order chi connectivity index (χ1) is 11.2. The molecule has 1 amide bonds. The van der Waals surface area contributed by atoms with Gasteiger partial charge < -0.3 is 14.3 Å². The molecule has 0 aromatic carbocycles. The van der Waals surface area contributed by atoms with Gasteiger partial charge in [-0.25, -0.2) is 0 Å². The Labute approximate surface area is 141 Å². The van der Waals surface area contributed by atoms with E-state index in [2.05, 4.69) is 15.5 Å². The number of rotatable bonds is 7. The number of thiophene rings is 1. The molecule has 0 saturated carbocycles. The normalized spacial score (nSPS) is 12.2. The lowest BCUT2D eigenvalue weighted by atomic mass is 10.4. The monoisotopic (exact) mass is 348 g/mol. The number of nitrogens with one attached hydrogen (secondary N) is 1. The lowest BCUT2D eigenvalue weighted by molar-refractivity contribution is -0.120. The lowest BCUT2D eigenvalue weighted by Gasteiger charge is -2.11. The quantitative estimate of drug-likeness (QED) is 0.665. The summed E-state index contributed by atoms with van der Waals surface area (Å²) in [4.78, 5) is 13.3. The molecule has 1 N–H and O–H groups in total. The molecule has 0 saturated heterocycles. The molecule has 8 heteroatoms. The maximum absolute atomic E-state index is 12.2. The van der Waals surface area contributed by atoms with E-state index in [0.29, 0.717) is 18.2 Å².